The van der Waals surface area contributed by atoms with E-state index in [0.29, 0.717) is 0 Å². The fraction of sp³-hybridized carbons (Fsp3) is 0.733. The number of aliphatic hydroxyl groups excluding tert-OH is 1. The summed E-state index contributed by atoms with van der Waals surface area (Å²) in [6.07, 6.45) is 2.99. The number of hydrogen-bond acceptors (Lipinski definition) is 4. The standard InChI is InChI=1S/C15H22ClNO2S/c1-2-19-14-8-13(18)15(14)3-5-17(6-4-15)9-12-7-11(16)10-20-12/h7,10,13-14,18H,2-6,8-9H2,1H3/t13-,14+/m1/s1. The maximum Gasteiger partial charge on any atom is 0.0681 e. The predicted molar refractivity (Wildman–Crippen MR) is 82.3 cm³/mol. The van der Waals surface area contributed by atoms with Crippen molar-refractivity contribution in [1.82, 2.24) is 4.90 Å². The van der Waals surface area contributed by atoms with Crippen molar-refractivity contribution in [3.63, 3.8) is 0 Å². The molecule has 0 aromatic carbocycles. The Morgan fingerprint density at radius 1 is 1.50 bits per heavy atom. The van der Waals surface area contributed by atoms with Gasteiger partial charge in [0.25, 0.3) is 0 Å². The molecule has 3 rings (SSSR count). The maximum atomic E-state index is 10.2. The molecule has 1 saturated heterocycles. The minimum Gasteiger partial charge on any atom is -0.392 e. The highest BCUT2D eigenvalue weighted by molar-refractivity contribution is 7.10. The Bertz CT molecular complexity index is 454. The van der Waals surface area contributed by atoms with Crippen LogP contribution in [0.25, 0.3) is 0 Å². The van der Waals surface area contributed by atoms with Crippen molar-refractivity contribution in [1.29, 1.82) is 0 Å². The van der Waals surface area contributed by atoms with E-state index in [-0.39, 0.29) is 17.6 Å². The monoisotopic (exact) mass is 315 g/mol. The molecule has 1 aromatic rings. The molecule has 1 saturated carbocycles. The molecule has 0 amide bonds. The van der Waals surface area contributed by atoms with Gasteiger partial charge in [0.15, 0.2) is 0 Å². The summed E-state index contributed by atoms with van der Waals surface area (Å²) in [4.78, 5) is 3.78. The van der Waals surface area contributed by atoms with Crippen LogP contribution in [0.2, 0.25) is 5.02 Å². The van der Waals surface area contributed by atoms with Crippen molar-refractivity contribution in [3.05, 3.63) is 21.3 Å². The Morgan fingerprint density at radius 3 is 2.80 bits per heavy atom. The van der Waals surface area contributed by atoms with E-state index in [1.54, 1.807) is 11.3 Å². The number of nitrogens with zero attached hydrogens (tertiary/aromatic N) is 1. The first kappa shape index (κ1) is 14.8. The van der Waals surface area contributed by atoms with Crippen LogP contribution in [0.5, 0.6) is 0 Å². The number of thiophene rings is 1. The van der Waals surface area contributed by atoms with Gasteiger partial charge in [-0.15, -0.1) is 11.3 Å². The fourth-order valence-electron chi connectivity index (χ4n) is 3.60. The van der Waals surface area contributed by atoms with Crippen molar-refractivity contribution in [2.24, 2.45) is 5.41 Å². The molecule has 112 valence electrons. The van der Waals surface area contributed by atoms with Crippen molar-refractivity contribution in [2.45, 2.75) is 44.9 Å². The van der Waals surface area contributed by atoms with Gasteiger partial charge in [0.05, 0.1) is 17.2 Å². The van der Waals surface area contributed by atoms with Crippen LogP contribution < -0.4 is 0 Å². The zero-order valence-electron chi connectivity index (χ0n) is 11.8. The second kappa shape index (κ2) is 5.93. The second-order valence-corrected chi connectivity index (χ2v) is 7.37. The first-order valence-corrected chi connectivity index (χ1v) is 8.65. The van der Waals surface area contributed by atoms with Gasteiger partial charge in [-0.25, -0.2) is 0 Å². The van der Waals surface area contributed by atoms with Crippen LogP contribution in [0, 0.1) is 5.41 Å². The van der Waals surface area contributed by atoms with E-state index >= 15 is 0 Å². The lowest BCUT2D eigenvalue weighted by Crippen LogP contribution is -2.62. The van der Waals surface area contributed by atoms with Crippen LogP contribution in [0.3, 0.4) is 0 Å². The summed E-state index contributed by atoms with van der Waals surface area (Å²) in [6, 6.07) is 2.05. The number of hydrogen-bond donors (Lipinski definition) is 1. The Balaban J connectivity index is 1.56. The molecule has 1 aromatic heterocycles. The van der Waals surface area contributed by atoms with Crippen LogP contribution in [0.15, 0.2) is 11.4 Å². The smallest absolute Gasteiger partial charge is 0.0681 e. The van der Waals surface area contributed by atoms with Crippen LogP contribution in [-0.4, -0.2) is 41.9 Å². The minimum absolute atomic E-state index is 0.0274. The van der Waals surface area contributed by atoms with Crippen LogP contribution in [0.1, 0.15) is 31.1 Å². The van der Waals surface area contributed by atoms with Crippen molar-refractivity contribution in [2.75, 3.05) is 19.7 Å². The SMILES string of the molecule is CCO[C@H]1C[C@@H](O)C12CCN(Cc1cc(Cl)cs1)CC2. The molecule has 0 unspecified atom stereocenters. The first-order valence-electron chi connectivity index (χ1n) is 7.39. The summed E-state index contributed by atoms with van der Waals surface area (Å²) >= 11 is 7.69. The van der Waals surface area contributed by atoms with Gasteiger partial charge in [0, 0.05) is 35.2 Å². The van der Waals surface area contributed by atoms with Gasteiger partial charge in [-0.3, -0.25) is 4.90 Å². The average Bonchev–Trinajstić information content (AvgIpc) is 2.85. The highest BCUT2D eigenvalue weighted by atomic mass is 35.5. The molecule has 20 heavy (non-hydrogen) atoms. The Morgan fingerprint density at radius 2 is 2.25 bits per heavy atom. The molecule has 0 bridgehead atoms. The number of piperidine rings is 1. The lowest BCUT2D eigenvalue weighted by atomic mass is 9.58. The van der Waals surface area contributed by atoms with E-state index in [1.165, 1.54) is 4.88 Å². The summed E-state index contributed by atoms with van der Waals surface area (Å²) in [5, 5.41) is 13.0. The molecule has 2 fully saturated rings. The zero-order chi connectivity index (χ0) is 14.2. The summed E-state index contributed by atoms with van der Waals surface area (Å²) < 4.78 is 5.80. The van der Waals surface area contributed by atoms with Crippen molar-refractivity contribution < 1.29 is 9.84 Å². The van der Waals surface area contributed by atoms with Gasteiger partial charge >= 0.3 is 0 Å². The third-order valence-electron chi connectivity index (χ3n) is 4.90. The van der Waals surface area contributed by atoms with E-state index in [2.05, 4.69) is 11.0 Å². The van der Waals surface area contributed by atoms with Gasteiger partial charge in [-0.1, -0.05) is 11.6 Å². The number of halogens is 1. The summed E-state index contributed by atoms with van der Waals surface area (Å²) in [7, 11) is 0. The van der Waals surface area contributed by atoms with E-state index in [4.69, 9.17) is 16.3 Å². The third kappa shape index (κ3) is 2.64. The molecule has 3 nitrogen and oxygen atoms in total. The van der Waals surface area contributed by atoms with E-state index < -0.39 is 0 Å². The molecule has 1 aliphatic heterocycles. The maximum absolute atomic E-state index is 10.2. The number of rotatable bonds is 4. The number of likely N-dealkylation sites (tertiary alicyclic amines) is 1. The normalized spacial score (nSPS) is 29.6. The quantitative estimate of drug-likeness (QED) is 0.926. The molecular formula is C15H22ClNO2S. The van der Waals surface area contributed by atoms with E-state index in [0.717, 1.165) is 50.5 Å². The van der Waals surface area contributed by atoms with E-state index in [1.807, 2.05) is 12.3 Å². The van der Waals surface area contributed by atoms with Gasteiger partial charge in [-0.2, -0.15) is 0 Å². The predicted octanol–water partition coefficient (Wildman–Crippen LogP) is 3.15. The molecule has 2 atom stereocenters. The summed E-state index contributed by atoms with van der Waals surface area (Å²) in [5.41, 5.74) is 0.0274. The second-order valence-electron chi connectivity index (χ2n) is 5.94. The summed E-state index contributed by atoms with van der Waals surface area (Å²) in [5.74, 6) is 0. The molecule has 5 heteroatoms. The van der Waals surface area contributed by atoms with Crippen LogP contribution in [-0.2, 0) is 11.3 Å². The Kier molecular flexibility index (Phi) is 4.39. The average molecular weight is 316 g/mol. The summed E-state index contributed by atoms with van der Waals surface area (Å²) in [6.45, 7) is 5.83. The molecule has 1 N–H and O–H groups in total. The van der Waals surface area contributed by atoms with Crippen molar-refractivity contribution in [3.8, 4) is 0 Å². The van der Waals surface area contributed by atoms with E-state index in [9.17, 15) is 5.11 Å². The lowest BCUT2D eigenvalue weighted by molar-refractivity contribution is -0.209. The van der Waals surface area contributed by atoms with Gasteiger partial charge in [0.1, 0.15) is 0 Å². The highest BCUT2D eigenvalue weighted by Crippen LogP contribution is 2.51. The first-order chi connectivity index (χ1) is 9.64. The molecule has 1 spiro atoms. The van der Waals surface area contributed by atoms with Crippen molar-refractivity contribution >= 4 is 22.9 Å². The Hall–Kier alpha value is -0.130. The van der Waals surface area contributed by atoms with Gasteiger partial charge < -0.3 is 9.84 Å². The molecule has 2 heterocycles. The van der Waals surface area contributed by atoms with Gasteiger partial charge in [-0.05, 0) is 38.9 Å². The van der Waals surface area contributed by atoms with Gasteiger partial charge in [0.2, 0.25) is 0 Å². The third-order valence-corrected chi connectivity index (χ3v) is 6.17. The van der Waals surface area contributed by atoms with Crippen LogP contribution >= 0.6 is 22.9 Å². The molecular weight excluding hydrogens is 294 g/mol. The lowest BCUT2D eigenvalue weighted by Gasteiger charge is -2.56. The largest absolute Gasteiger partial charge is 0.392 e. The topological polar surface area (TPSA) is 32.7 Å². The fourth-order valence-corrected chi connectivity index (χ4v) is 4.72. The minimum atomic E-state index is -0.169. The Labute approximate surface area is 129 Å². The highest BCUT2D eigenvalue weighted by Gasteiger charge is 2.55. The number of ether oxygens (including phenoxy) is 1. The zero-order valence-corrected chi connectivity index (χ0v) is 13.4. The molecule has 2 aliphatic rings. The number of aliphatic hydroxyl groups is 1. The molecule has 0 radical (unpaired) electrons. The van der Waals surface area contributed by atoms with Crippen LogP contribution in [0.4, 0.5) is 0 Å². The molecule has 1 aliphatic carbocycles.